The summed E-state index contributed by atoms with van der Waals surface area (Å²) in [6.45, 7) is 0.163. The van der Waals surface area contributed by atoms with E-state index in [-0.39, 0.29) is 13.0 Å². The van der Waals surface area contributed by atoms with Crippen molar-refractivity contribution < 1.29 is 14.7 Å². The van der Waals surface area contributed by atoms with Gasteiger partial charge in [-0.25, -0.2) is 14.6 Å². The van der Waals surface area contributed by atoms with Gasteiger partial charge in [-0.1, -0.05) is 0 Å². The summed E-state index contributed by atoms with van der Waals surface area (Å²) in [7, 11) is 0. The van der Waals surface area contributed by atoms with Crippen molar-refractivity contribution in [3.05, 3.63) is 42.2 Å². The molecule has 0 unspecified atom stereocenters. The number of rotatable bonds is 6. The van der Waals surface area contributed by atoms with E-state index in [9.17, 15) is 9.59 Å². The standard InChI is InChI=1S/C12H14N6O3/c19-11(20)10(4-9-5-13-7-15-9)17-12(21)14-6-8-2-1-3-16-18-8/h1-3,5,7,10H,4,6H2,(H,13,15)(H,19,20)(H2,14,17,21)/t10-/m0/s1. The predicted octanol–water partition coefficient (Wildman–Crippen LogP) is -0.305. The molecule has 0 aromatic carbocycles. The molecule has 4 N–H and O–H groups in total. The summed E-state index contributed by atoms with van der Waals surface area (Å²) in [6, 6.07) is 1.76. The van der Waals surface area contributed by atoms with Crippen molar-refractivity contribution in [3.63, 3.8) is 0 Å². The lowest BCUT2D eigenvalue weighted by Gasteiger charge is -2.14. The number of aromatic amines is 1. The minimum atomic E-state index is -1.13. The Morgan fingerprint density at radius 3 is 2.90 bits per heavy atom. The largest absolute Gasteiger partial charge is 0.480 e. The maximum absolute atomic E-state index is 11.7. The number of urea groups is 1. The number of carboxylic acids is 1. The van der Waals surface area contributed by atoms with Crippen LogP contribution in [0.15, 0.2) is 30.9 Å². The molecule has 0 saturated carbocycles. The zero-order valence-electron chi connectivity index (χ0n) is 11.0. The van der Waals surface area contributed by atoms with Crippen LogP contribution < -0.4 is 10.6 Å². The number of aliphatic carboxylic acids is 1. The summed E-state index contributed by atoms with van der Waals surface area (Å²) in [4.78, 5) is 29.4. The molecule has 21 heavy (non-hydrogen) atoms. The summed E-state index contributed by atoms with van der Waals surface area (Å²) in [5, 5.41) is 21.5. The maximum atomic E-state index is 11.7. The SMILES string of the molecule is O=C(NCc1cccnn1)N[C@@H](Cc1cnc[nH]1)C(=O)O. The van der Waals surface area contributed by atoms with Gasteiger partial charge in [0.1, 0.15) is 6.04 Å². The Kier molecular flexibility index (Phi) is 4.80. The molecule has 0 aliphatic rings. The van der Waals surface area contributed by atoms with Crippen LogP contribution in [0.25, 0.3) is 0 Å². The Hall–Kier alpha value is -2.97. The summed E-state index contributed by atoms with van der Waals surface area (Å²) < 4.78 is 0. The summed E-state index contributed by atoms with van der Waals surface area (Å²) in [5.74, 6) is -1.13. The van der Waals surface area contributed by atoms with Gasteiger partial charge >= 0.3 is 12.0 Å². The fourth-order valence-corrected chi connectivity index (χ4v) is 1.62. The first-order valence-corrected chi connectivity index (χ1v) is 6.16. The summed E-state index contributed by atoms with van der Waals surface area (Å²) >= 11 is 0. The third-order valence-electron chi connectivity index (χ3n) is 2.64. The summed E-state index contributed by atoms with van der Waals surface area (Å²) in [5.41, 5.74) is 1.20. The second-order valence-electron chi connectivity index (χ2n) is 4.21. The van der Waals surface area contributed by atoms with Crippen LogP contribution in [0, 0.1) is 0 Å². The van der Waals surface area contributed by atoms with Crippen LogP contribution in [0.5, 0.6) is 0 Å². The number of carbonyl (C=O) groups is 2. The maximum Gasteiger partial charge on any atom is 0.326 e. The Morgan fingerprint density at radius 2 is 2.29 bits per heavy atom. The fourth-order valence-electron chi connectivity index (χ4n) is 1.62. The number of nitrogens with one attached hydrogen (secondary N) is 3. The highest BCUT2D eigenvalue weighted by atomic mass is 16.4. The molecule has 0 bridgehead atoms. The van der Waals surface area contributed by atoms with E-state index in [1.54, 1.807) is 12.1 Å². The number of H-pyrrole nitrogens is 1. The second-order valence-corrected chi connectivity index (χ2v) is 4.21. The van der Waals surface area contributed by atoms with Crippen LogP contribution in [-0.4, -0.2) is 43.3 Å². The van der Waals surface area contributed by atoms with E-state index in [0.29, 0.717) is 11.4 Å². The Balaban J connectivity index is 1.85. The molecular weight excluding hydrogens is 276 g/mol. The van der Waals surface area contributed by atoms with Gasteiger partial charge in [0.25, 0.3) is 0 Å². The van der Waals surface area contributed by atoms with Crippen molar-refractivity contribution in [1.29, 1.82) is 0 Å². The number of aromatic nitrogens is 4. The molecule has 9 nitrogen and oxygen atoms in total. The van der Waals surface area contributed by atoms with E-state index in [2.05, 4.69) is 30.8 Å². The molecule has 9 heteroatoms. The van der Waals surface area contributed by atoms with Crippen molar-refractivity contribution in [2.24, 2.45) is 0 Å². The molecule has 2 aromatic heterocycles. The lowest BCUT2D eigenvalue weighted by molar-refractivity contribution is -0.139. The van der Waals surface area contributed by atoms with Gasteiger partial charge in [0.2, 0.25) is 0 Å². The van der Waals surface area contributed by atoms with Crippen molar-refractivity contribution >= 4 is 12.0 Å². The number of nitrogens with zero attached hydrogens (tertiary/aromatic N) is 3. The molecule has 0 aliphatic carbocycles. The average molecular weight is 290 g/mol. The minimum Gasteiger partial charge on any atom is -0.480 e. The number of imidazole rings is 1. The van der Waals surface area contributed by atoms with E-state index >= 15 is 0 Å². The van der Waals surface area contributed by atoms with Gasteiger partial charge in [-0.3, -0.25) is 0 Å². The van der Waals surface area contributed by atoms with Crippen molar-refractivity contribution in [3.8, 4) is 0 Å². The molecule has 0 aliphatic heterocycles. The van der Waals surface area contributed by atoms with Crippen molar-refractivity contribution in [2.75, 3.05) is 0 Å². The number of hydrogen-bond acceptors (Lipinski definition) is 5. The first-order chi connectivity index (χ1) is 10.1. The van der Waals surface area contributed by atoms with Gasteiger partial charge in [-0.2, -0.15) is 10.2 Å². The van der Waals surface area contributed by atoms with Gasteiger partial charge in [0.05, 0.1) is 18.6 Å². The molecule has 0 saturated heterocycles. The van der Waals surface area contributed by atoms with Crippen LogP contribution in [0.2, 0.25) is 0 Å². The Bertz CT molecular complexity index is 586. The third-order valence-corrected chi connectivity index (χ3v) is 2.64. The second kappa shape index (κ2) is 6.98. The lowest BCUT2D eigenvalue weighted by atomic mass is 10.2. The zero-order valence-corrected chi connectivity index (χ0v) is 11.0. The van der Waals surface area contributed by atoms with Gasteiger partial charge in [0, 0.05) is 24.5 Å². The normalized spacial score (nSPS) is 11.6. The predicted molar refractivity (Wildman–Crippen MR) is 71.1 cm³/mol. The molecule has 110 valence electrons. The molecule has 1 atom stereocenters. The number of amides is 2. The molecule has 2 amide bonds. The van der Waals surface area contributed by atoms with Crippen molar-refractivity contribution in [1.82, 2.24) is 30.8 Å². The molecule has 2 heterocycles. The van der Waals surface area contributed by atoms with Crippen LogP contribution in [-0.2, 0) is 17.8 Å². The molecule has 0 radical (unpaired) electrons. The van der Waals surface area contributed by atoms with Crippen LogP contribution in [0.3, 0.4) is 0 Å². The van der Waals surface area contributed by atoms with Crippen LogP contribution >= 0.6 is 0 Å². The zero-order chi connectivity index (χ0) is 15.1. The molecule has 2 aromatic rings. The van der Waals surface area contributed by atoms with E-state index in [1.807, 2.05) is 0 Å². The lowest BCUT2D eigenvalue weighted by Crippen LogP contribution is -2.47. The van der Waals surface area contributed by atoms with Crippen molar-refractivity contribution in [2.45, 2.75) is 19.0 Å². The number of hydrogen-bond donors (Lipinski definition) is 4. The highest BCUT2D eigenvalue weighted by molar-refractivity contribution is 5.82. The Morgan fingerprint density at radius 1 is 1.43 bits per heavy atom. The molecule has 0 spiro atoms. The fraction of sp³-hybridized carbons (Fsp3) is 0.250. The Labute approximate surface area is 119 Å². The smallest absolute Gasteiger partial charge is 0.326 e. The highest BCUT2D eigenvalue weighted by Gasteiger charge is 2.20. The topological polar surface area (TPSA) is 133 Å². The average Bonchev–Trinajstić information content (AvgIpc) is 2.98. The van der Waals surface area contributed by atoms with Crippen LogP contribution in [0.1, 0.15) is 11.4 Å². The van der Waals surface area contributed by atoms with Gasteiger partial charge in [-0.15, -0.1) is 0 Å². The van der Waals surface area contributed by atoms with E-state index in [4.69, 9.17) is 5.11 Å². The first kappa shape index (κ1) is 14.4. The van der Waals surface area contributed by atoms with Gasteiger partial charge in [0.15, 0.2) is 0 Å². The highest BCUT2D eigenvalue weighted by Crippen LogP contribution is 1.99. The summed E-state index contributed by atoms with van der Waals surface area (Å²) in [6.07, 6.45) is 4.60. The van der Waals surface area contributed by atoms with E-state index in [1.165, 1.54) is 18.7 Å². The quantitative estimate of drug-likeness (QED) is 0.577. The van der Waals surface area contributed by atoms with Crippen LogP contribution in [0.4, 0.5) is 4.79 Å². The van der Waals surface area contributed by atoms with Gasteiger partial charge in [-0.05, 0) is 12.1 Å². The molecule has 0 fully saturated rings. The minimum absolute atomic E-state index is 0.119. The first-order valence-electron chi connectivity index (χ1n) is 6.16. The molecule has 2 rings (SSSR count). The number of carbonyl (C=O) groups excluding carboxylic acids is 1. The third kappa shape index (κ3) is 4.56. The van der Waals surface area contributed by atoms with E-state index < -0.39 is 18.0 Å². The monoisotopic (exact) mass is 290 g/mol. The number of carboxylic acid groups (broad SMARTS) is 1. The van der Waals surface area contributed by atoms with Gasteiger partial charge < -0.3 is 20.7 Å². The molecular formula is C12H14N6O3. The van der Waals surface area contributed by atoms with E-state index in [0.717, 1.165) is 0 Å².